The predicted molar refractivity (Wildman–Crippen MR) is 117 cm³/mol. The molecule has 3 aromatic rings. The number of methoxy groups -OCH3 is 1. The molecule has 3 N–H and O–H groups in total. The average molecular weight is 390 g/mol. The van der Waals surface area contributed by atoms with E-state index >= 15 is 0 Å². The van der Waals surface area contributed by atoms with Crippen LogP contribution < -0.4 is 10.6 Å². The zero-order valence-corrected chi connectivity index (χ0v) is 17.0. The maximum atomic E-state index is 8.75. The van der Waals surface area contributed by atoms with Crippen molar-refractivity contribution >= 4 is 17.2 Å². The first-order chi connectivity index (χ1) is 14.0. The maximum absolute atomic E-state index is 8.75. The highest BCUT2D eigenvalue weighted by atomic mass is 16.5. The van der Waals surface area contributed by atoms with Gasteiger partial charge in [-0.2, -0.15) is 0 Å². The van der Waals surface area contributed by atoms with Gasteiger partial charge in [-0.3, -0.25) is 5.41 Å². The number of likely N-dealkylation sites (N-methyl/N-ethyl adjacent to an activating group) is 1. The summed E-state index contributed by atoms with van der Waals surface area (Å²) in [5.74, 6) is 1.42. The van der Waals surface area contributed by atoms with E-state index in [2.05, 4.69) is 26.8 Å². The minimum Gasteiger partial charge on any atom is -0.398 e. The lowest BCUT2D eigenvalue weighted by Gasteiger charge is -2.22. The fraction of sp³-hybridized carbons (Fsp3) is 0.273. The lowest BCUT2D eigenvalue weighted by atomic mass is 9.99. The fourth-order valence-corrected chi connectivity index (χ4v) is 2.99. The van der Waals surface area contributed by atoms with Crippen LogP contribution in [0.4, 0.5) is 11.5 Å². The van der Waals surface area contributed by atoms with Crippen LogP contribution in [-0.4, -0.2) is 47.5 Å². The molecule has 3 rings (SSSR count). The number of hydrogen-bond donors (Lipinski definition) is 2. The largest absolute Gasteiger partial charge is 0.398 e. The second kappa shape index (κ2) is 9.25. The summed E-state index contributed by atoms with van der Waals surface area (Å²) < 4.78 is 5.18. The molecule has 0 atom stereocenters. The highest BCUT2D eigenvalue weighted by Crippen LogP contribution is 2.24. The van der Waals surface area contributed by atoms with Crippen LogP contribution in [-0.2, 0) is 4.74 Å². The Balaban J connectivity index is 1.93. The molecule has 0 amide bonds. The van der Waals surface area contributed by atoms with Crippen molar-refractivity contribution in [1.82, 2.24) is 15.0 Å². The standard InChI is InChI=1S/C22H26N6O/c1-4-28(9-10-29-3)20-12-16(7-8-25-20)21(24)18-11-17(5-6-19(18)23)22-26-13-15(2)14-27-22/h5-8,11-14,24H,4,9-10,23H2,1-3H3. The third-order valence-electron chi connectivity index (χ3n) is 4.67. The Labute approximate surface area is 171 Å². The van der Waals surface area contributed by atoms with Gasteiger partial charge >= 0.3 is 0 Å². The number of hydrogen-bond acceptors (Lipinski definition) is 7. The van der Waals surface area contributed by atoms with Crippen LogP contribution in [0.1, 0.15) is 23.6 Å². The molecular weight excluding hydrogens is 364 g/mol. The number of benzene rings is 1. The number of pyridine rings is 1. The van der Waals surface area contributed by atoms with Crippen LogP contribution in [0.25, 0.3) is 11.4 Å². The molecule has 150 valence electrons. The lowest BCUT2D eigenvalue weighted by molar-refractivity contribution is 0.205. The minimum atomic E-state index is 0.336. The van der Waals surface area contributed by atoms with Crippen molar-refractivity contribution in [1.29, 1.82) is 5.41 Å². The van der Waals surface area contributed by atoms with Gasteiger partial charge in [0.15, 0.2) is 5.82 Å². The fourth-order valence-electron chi connectivity index (χ4n) is 2.99. The summed E-state index contributed by atoms with van der Waals surface area (Å²) in [7, 11) is 1.68. The summed E-state index contributed by atoms with van der Waals surface area (Å²) in [5, 5.41) is 8.75. The van der Waals surface area contributed by atoms with Gasteiger partial charge in [-0.15, -0.1) is 0 Å². The molecule has 0 spiro atoms. The molecule has 0 unspecified atom stereocenters. The summed E-state index contributed by atoms with van der Waals surface area (Å²) in [6.07, 6.45) is 5.27. The average Bonchev–Trinajstić information content (AvgIpc) is 2.75. The van der Waals surface area contributed by atoms with E-state index in [0.29, 0.717) is 29.4 Å². The zero-order chi connectivity index (χ0) is 20.8. The molecule has 0 bridgehead atoms. The Morgan fingerprint density at radius 1 is 1.14 bits per heavy atom. The van der Waals surface area contributed by atoms with E-state index in [1.54, 1.807) is 31.8 Å². The van der Waals surface area contributed by atoms with Gasteiger partial charge in [-0.25, -0.2) is 15.0 Å². The Bertz CT molecular complexity index is 987. The molecule has 2 aromatic heterocycles. The van der Waals surface area contributed by atoms with E-state index in [1.165, 1.54) is 0 Å². The van der Waals surface area contributed by atoms with Crippen LogP contribution in [0, 0.1) is 12.3 Å². The number of nitrogens with zero attached hydrogens (tertiary/aromatic N) is 4. The van der Waals surface area contributed by atoms with Gasteiger partial charge in [-0.05, 0) is 49.7 Å². The third kappa shape index (κ3) is 4.75. The van der Waals surface area contributed by atoms with Crippen LogP contribution in [0.15, 0.2) is 48.9 Å². The third-order valence-corrected chi connectivity index (χ3v) is 4.67. The smallest absolute Gasteiger partial charge is 0.159 e. The van der Waals surface area contributed by atoms with Gasteiger partial charge in [0.1, 0.15) is 5.82 Å². The van der Waals surface area contributed by atoms with E-state index in [9.17, 15) is 0 Å². The van der Waals surface area contributed by atoms with Gasteiger partial charge in [-0.1, -0.05) is 0 Å². The number of ether oxygens (including phenoxy) is 1. The Morgan fingerprint density at radius 3 is 2.59 bits per heavy atom. The summed E-state index contributed by atoms with van der Waals surface area (Å²) in [5.41, 5.74) is 10.3. The molecule has 0 fully saturated rings. The Hall–Kier alpha value is -3.32. The van der Waals surface area contributed by atoms with Crippen LogP contribution in [0.2, 0.25) is 0 Å². The van der Waals surface area contributed by atoms with E-state index < -0.39 is 0 Å². The van der Waals surface area contributed by atoms with Gasteiger partial charge in [0.25, 0.3) is 0 Å². The number of aryl methyl sites for hydroxylation is 1. The SMILES string of the molecule is CCN(CCOC)c1cc(C(=N)c2cc(-c3ncc(C)cn3)ccc2N)ccn1. The predicted octanol–water partition coefficient (Wildman–Crippen LogP) is 3.32. The molecular formula is C22H26N6O. The van der Waals surface area contributed by atoms with Gasteiger partial charge in [0, 0.05) is 61.2 Å². The highest BCUT2D eigenvalue weighted by Gasteiger charge is 2.14. The molecule has 29 heavy (non-hydrogen) atoms. The van der Waals surface area contributed by atoms with Crippen molar-refractivity contribution in [3.05, 3.63) is 65.6 Å². The normalized spacial score (nSPS) is 10.7. The number of aromatic nitrogens is 3. The van der Waals surface area contributed by atoms with Crippen molar-refractivity contribution in [2.75, 3.05) is 37.4 Å². The summed E-state index contributed by atoms with van der Waals surface area (Å²) >= 11 is 0. The van der Waals surface area contributed by atoms with Gasteiger partial charge < -0.3 is 15.4 Å². The highest BCUT2D eigenvalue weighted by molar-refractivity contribution is 6.14. The first kappa shape index (κ1) is 20.4. The maximum Gasteiger partial charge on any atom is 0.159 e. The topological polar surface area (TPSA) is 101 Å². The molecule has 0 aliphatic carbocycles. The number of anilines is 2. The molecule has 7 heteroatoms. The molecule has 1 aromatic carbocycles. The summed E-state index contributed by atoms with van der Waals surface area (Å²) in [6.45, 7) is 6.16. The number of nitrogens with one attached hydrogen (secondary N) is 1. The molecule has 0 saturated heterocycles. The Kier molecular flexibility index (Phi) is 6.51. The van der Waals surface area contributed by atoms with Crippen LogP contribution in [0.5, 0.6) is 0 Å². The number of nitrogens with two attached hydrogens (primary N) is 1. The number of nitrogen functional groups attached to an aromatic ring is 1. The zero-order valence-electron chi connectivity index (χ0n) is 17.0. The quantitative estimate of drug-likeness (QED) is 0.452. The Morgan fingerprint density at radius 2 is 1.90 bits per heavy atom. The minimum absolute atomic E-state index is 0.336. The van der Waals surface area contributed by atoms with Crippen molar-refractivity contribution < 1.29 is 4.74 Å². The van der Waals surface area contributed by atoms with E-state index in [0.717, 1.165) is 35.6 Å². The van der Waals surface area contributed by atoms with Crippen LogP contribution >= 0.6 is 0 Å². The first-order valence-corrected chi connectivity index (χ1v) is 9.51. The first-order valence-electron chi connectivity index (χ1n) is 9.51. The molecule has 0 radical (unpaired) electrons. The molecule has 0 aliphatic rings. The van der Waals surface area contributed by atoms with Crippen molar-refractivity contribution in [2.45, 2.75) is 13.8 Å². The van der Waals surface area contributed by atoms with E-state index in [-0.39, 0.29) is 0 Å². The molecule has 0 aliphatic heterocycles. The molecule has 2 heterocycles. The second-order valence-corrected chi connectivity index (χ2v) is 6.74. The molecule has 0 saturated carbocycles. The summed E-state index contributed by atoms with van der Waals surface area (Å²) in [6, 6.07) is 9.27. The second-order valence-electron chi connectivity index (χ2n) is 6.74. The van der Waals surface area contributed by atoms with Crippen molar-refractivity contribution in [3.8, 4) is 11.4 Å². The van der Waals surface area contributed by atoms with Crippen molar-refractivity contribution in [3.63, 3.8) is 0 Å². The van der Waals surface area contributed by atoms with Crippen LogP contribution in [0.3, 0.4) is 0 Å². The van der Waals surface area contributed by atoms with E-state index in [4.69, 9.17) is 15.9 Å². The number of rotatable bonds is 8. The van der Waals surface area contributed by atoms with Gasteiger partial charge in [0.05, 0.1) is 12.3 Å². The monoisotopic (exact) mass is 390 g/mol. The lowest BCUT2D eigenvalue weighted by Crippen LogP contribution is -2.27. The van der Waals surface area contributed by atoms with Gasteiger partial charge in [0.2, 0.25) is 0 Å². The van der Waals surface area contributed by atoms with Crippen molar-refractivity contribution in [2.24, 2.45) is 0 Å². The van der Waals surface area contributed by atoms with E-state index in [1.807, 2.05) is 31.2 Å². The summed E-state index contributed by atoms with van der Waals surface area (Å²) in [4.78, 5) is 15.3. The molecule has 7 nitrogen and oxygen atoms in total.